The SMILES string of the molecule is CCc1cccc(C)c1NCC(=O)Nc1ccc(NC(C)=O)cc1. The van der Waals surface area contributed by atoms with E-state index >= 15 is 0 Å². The summed E-state index contributed by atoms with van der Waals surface area (Å²) in [5.41, 5.74) is 4.74. The summed E-state index contributed by atoms with van der Waals surface area (Å²) in [6.07, 6.45) is 0.913. The monoisotopic (exact) mass is 325 g/mol. The van der Waals surface area contributed by atoms with Crippen LogP contribution < -0.4 is 16.0 Å². The van der Waals surface area contributed by atoms with Crippen molar-refractivity contribution in [3.8, 4) is 0 Å². The van der Waals surface area contributed by atoms with Crippen molar-refractivity contribution in [1.82, 2.24) is 0 Å². The number of hydrogen-bond donors (Lipinski definition) is 3. The maximum atomic E-state index is 12.1. The van der Waals surface area contributed by atoms with Crippen molar-refractivity contribution < 1.29 is 9.59 Å². The van der Waals surface area contributed by atoms with Gasteiger partial charge in [-0.05, 0) is 48.7 Å². The number of carbonyl (C=O) groups is 2. The molecule has 0 saturated heterocycles. The molecule has 0 heterocycles. The number of hydrogen-bond acceptors (Lipinski definition) is 3. The molecular weight excluding hydrogens is 302 g/mol. The lowest BCUT2D eigenvalue weighted by Crippen LogP contribution is -2.22. The van der Waals surface area contributed by atoms with E-state index in [4.69, 9.17) is 0 Å². The molecule has 0 aliphatic rings. The fraction of sp³-hybridized carbons (Fsp3) is 0.263. The molecule has 0 atom stereocenters. The molecule has 0 bridgehead atoms. The lowest BCUT2D eigenvalue weighted by atomic mass is 10.1. The maximum absolute atomic E-state index is 12.1. The van der Waals surface area contributed by atoms with Crippen LogP contribution in [0.2, 0.25) is 0 Å². The predicted molar refractivity (Wildman–Crippen MR) is 98.4 cm³/mol. The second kappa shape index (κ2) is 8.15. The van der Waals surface area contributed by atoms with Crippen LogP contribution in [-0.2, 0) is 16.0 Å². The molecular formula is C19H23N3O2. The molecule has 2 rings (SSSR count). The first-order chi connectivity index (χ1) is 11.5. The van der Waals surface area contributed by atoms with E-state index in [-0.39, 0.29) is 18.4 Å². The van der Waals surface area contributed by atoms with Gasteiger partial charge in [0, 0.05) is 24.0 Å². The Morgan fingerprint density at radius 1 is 0.958 bits per heavy atom. The van der Waals surface area contributed by atoms with E-state index in [1.54, 1.807) is 24.3 Å². The van der Waals surface area contributed by atoms with Crippen molar-refractivity contribution in [3.63, 3.8) is 0 Å². The van der Waals surface area contributed by atoms with E-state index in [0.29, 0.717) is 11.4 Å². The van der Waals surface area contributed by atoms with Crippen LogP contribution in [0.4, 0.5) is 17.1 Å². The van der Waals surface area contributed by atoms with E-state index in [9.17, 15) is 9.59 Å². The summed E-state index contributed by atoms with van der Waals surface area (Å²) in [7, 11) is 0. The maximum Gasteiger partial charge on any atom is 0.243 e. The zero-order chi connectivity index (χ0) is 17.5. The second-order valence-electron chi connectivity index (χ2n) is 5.62. The Hall–Kier alpha value is -2.82. The minimum atomic E-state index is -0.124. The van der Waals surface area contributed by atoms with Crippen molar-refractivity contribution >= 4 is 28.9 Å². The minimum absolute atomic E-state index is 0.118. The number of carbonyl (C=O) groups excluding carboxylic acids is 2. The van der Waals surface area contributed by atoms with Gasteiger partial charge in [-0.3, -0.25) is 9.59 Å². The first kappa shape index (κ1) is 17.5. The molecule has 0 aromatic heterocycles. The highest BCUT2D eigenvalue weighted by atomic mass is 16.2. The second-order valence-corrected chi connectivity index (χ2v) is 5.62. The van der Waals surface area contributed by atoms with Gasteiger partial charge in [0.1, 0.15) is 0 Å². The molecule has 126 valence electrons. The van der Waals surface area contributed by atoms with Gasteiger partial charge in [0.2, 0.25) is 11.8 Å². The molecule has 5 nitrogen and oxygen atoms in total. The molecule has 24 heavy (non-hydrogen) atoms. The van der Waals surface area contributed by atoms with E-state index in [0.717, 1.165) is 17.7 Å². The molecule has 2 aromatic rings. The molecule has 2 aromatic carbocycles. The molecule has 0 saturated carbocycles. The number of nitrogens with one attached hydrogen (secondary N) is 3. The molecule has 0 fully saturated rings. The number of anilines is 3. The lowest BCUT2D eigenvalue weighted by Gasteiger charge is -2.14. The number of para-hydroxylation sites is 1. The largest absolute Gasteiger partial charge is 0.376 e. The lowest BCUT2D eigenvalue weighted by molar-refractivity contribution is -0.115. The Balaban J connectivity index is 1.93. The molecule has 0 radical (unpaired) electrons. The van der Waals surface area contributed by atoms with Crippen LogP contribution in [-0.4, -0.2) is 18.4 Å². The van der Waals surface area contributed by atoms with Gasteiger partial charge in [-0.15, -0.1) is 0 Å². The van der Waals surface area contributed by atoms with Gasteiger partial charge in [0.15, 0.2) is 0 Å². The quantitative estimate of drug-likeness (QED) is 0.760. The Morgan fingerprint density at radius 3 is 2.17 bits per heavy atom. The van der Waals surface area contributed by atoms with Crippen LogP contribution in [0.5, 0.6) is 0 Å². The van der Waals surface area contributed by atoms with Gasteiger partial charge in [0.05, 0.1) is 6.54 Å². The molecule has 5 heteroatoms. The molecule has 3 N–H and O–H groups in total. The van der Waals surface area contributed by atoms with Crippen molar-refractivity contribution in [2.24, 2.45) is 0 Å². The summed E-state index contributed by atoms with van der Waals surface area (Å²) >= 11 is 0. The number of benzene rings is 2. The average molecular weight is 325 g/mol. The third-order valence-corrected chi connectivity index (χ3v) is 3.65. The first-order valence-electron chi connectivity index (χ1n) is 7.99. The Bertz CT molecular complexity index is 724. The average Bonchev–Trinajstić information content (AvgIpc) is 2.55. The number of amides is 2. The first-order valence-corrected chi connectivity index (χ1v) is 7.99. The van der Waals surface area contributed by atoms with E-state index in [1.165, 1.54) is 12.5 Å². The number of rotatable bonds is 6. The van der Waals surface area contributed by atoms with Crippen LogP contribution in [0.15, 0.2) is 42.5 Å². The smallest absolute Gasteiger partial charge is 0.243 e. The summed E-state index contributed by atoms with van der Waals surface area (Å²) < 4.78 is 0. The third-order valence-electron chi connectivity index (χ3n) is 3.65. The van der Waals surface area contributed by atoms with Crippen molar-refractivity contribution in [2.75, 3.05) is 22.5 Å². The summed E-state index contributed by atoms with van der Waals surface area (Å²) in [6.45, 7) is 5.78. The fourth-order valence-electron chi connectivity index (χ4n) is 2.49. The fourth-order valence-corrected chi connectivity index (χ4v) is 2.49. The van der Waals surface area contributed by atoms with Crippen LogP contribution >= 0.6 is 0 Å². The van der Waals surface area contributed by atoms with Crippen molar-refractivity contribution in [1.29, 1.82) is 0 Å². The van der Waals surface area contributed by atoms with E-state index in [2.05, 4.69) is 28.9 Å². The predicted octanol–water partition coefficient (Wildman–Crippen LogP) is 3.57. The highest BCUT2D eigenvalue weighted by Crippen LogP contribution is 2.21. The van der Waals surface area contributed by atoms with Crippen LogP contribution in [0.25, 0.3) is 0 Å². The Labute approximate surface area is 142 Å². The van der Waals surface area contributed by atoms with Gasteiger partial charge in [-0.2, -0.15) is 0 Å². The molecule has 2 amide bonds. The zero-order valence-corrected chi connectivity index (χ0v) is 14.3. The van der Waals surface area contributed by atoms with Crippen molar-refractivity contribution in [3.05, 3.63) is 53.6 Å². The molecule has 0 spiro atoms. The molecule has 0 aliphatic carbocycles. The van der Waals surface area contributed by atoms with Crippen LogP contribution in [0.1, 0.15) is 25.0 Å². The molecule has 0 aliphatic heterocycles. The van der Waals surface area contributed by atoms with E-state index in [1.807, 2.05) is 19.1 Å². The standard InChI is InChI=1S/C19H23N3O2/c1-4-15-7-5-6-13(2)19(15)20-12-18(24)22-17-10-8-16(9-11-17)21-14(3)23/h5-11,20H,4,12H2,1-3H3,(H,21,23)(H,22,24). The topological polar surface area (TPSA) is 70.2 Å². The summed E-state index contributed by atoms with van der Waals surface area (Å²) in [5, 5.41) is 8.74. The number of aryl methyl sites for hydroxylation is 2. The third kappa shape index (κ3) is 4.84. The highest BCUT2D eigenvalue weighted by Gasteiger charge is 2.07. The van der Waals surface area contributed by atoms with E-state index < -0.39 is 0 Å². The van der Waals surface area contributed by atoms with Crippen molar-refractivity contribution in [2.45, 2.75) is 27.2 Å². The highest BCUT2D eigenvalue weighted by molar-refractivity contribution is 5.94. The summed E-state index contributed by atoms with van der Waals surface area (Å²) in [5.74, 6) is -0.242. The van der Waals surface area contributed by atoms with Gasteiger partial charge >= 0.3 is 0 Å². The Kier molecular flexibility index (Phi) is 5.95. The zero-order valence-electron chi connectivity index (χ0n) is 14.3. The van der Waals surface area contributed by atoms with Gasteiger partial charge in [0.25, 0.3) is 0 Å². The summed E-state index contributed by atoms with van der Waals surface area (Å²) in [4.78, 5) is 23.1. The summed E-state index contributed by atoms with van der Waals surface area (Å²) in [6, 6.07) is 13.1. The minimum Gasteiger partial charge on any atom is -0.376 e. The van der Waals surface area contributed by atoms with Gasteiger partial charge in [-0.1, -0.05) is 25.1 Å². The van der Waals surface area contributed by atoms with Gasteiger partial charge in [-0.25, -0.2) is 0 Å². The normalized spacial score (nSPS) is 10.1. The van der Waals surface area contributed by atoms with Crippen LogP contribution in [0, 0.1) is 6.92 Å². The Morgan fingerprint density at radius 2 is 1.58 bits per heavy atom. The molecule has 0 unspecified atom stereocenters. The van der Waals surface area contributed by atoms with Crippen LogP contribution in [0.3, 0.4) is 0 Å². The van der Waals surface area contributed by atoms with Gasteiger partial charge < -0.3 is 16.0 Å².